The largest absolute Gasteiger partial charge is 0.0447 e. The SMILES string of the molecule is Cc1c(C)c(C)c2c(c1C)Cc1c-2c(C)c2c(C)c(C)c3c(C)c(C)c(C)c(C)c3c2c1C. The highest BCUT2D eigenvalue weighted by Crippen LogP contribution is 2.51. The molecule has 0 N–H and O–H groups in total. The maximum absolute atomic E-state index is 2.40. The Balaban J connectivity index is 2.09. The van der Waals surface area contributed by atoms with Gasteiger partial charge in [0.2, 0.25) is 0 Å². The highest BCUT2D eigenvalue weighted by Gasteiger charge is 2.30. The topological polar surface area (TPSA) is 0 Å². The first-order chi connectivity index (χ1) is 15.4. The minimum Gasteiger partial charge on any atom is -0.0447 e. The maximum Gasteiger partial charge on any atom is -0.000766 e. The van der Waals surface area contributed by atoms with E-state index < -0.39 is 0 Å². The first-order valence-electron chi connectivity index (χ1n) is 12.5. The third-order valence-electron chi connectivity index (χ3n) is 9.80. The summed E-state index contributed by atoms with van der Waals surface area (Å²) in [5.41, 5.74) is 23.8. The van der Waals surface area contributed by atoms with E-state index in [1.54, 1.807) is 11.1 Å². The van der Waals surface area contributed by atoms with Gasteiger partial charge in [0.1, 0.15) is 0 Å². The molecule has 1 aliphatic rings. The van der Waals surface area contributed by atoms with Crippen molar-refractivity contribution in [3.05, 3.63) is 77.9 Å². The standard InChI is InChI=1S/C33H38/c1-14-15(2)20(7)30-26(18(14)5)13-27-24(11)33-29(25(12)31(27)30)23(10)22(9)28-19(6)16(3)17(4)21(8)32(28)33/h13H2,1-12H3. The summed E-state index contributed by atoms with van der Waals surface area (Å²) in [6.07, 6.45) is 1.07. The molecule has 4 aromatic rings. The van der Waals surface area contributed by atoms with Crippen molar-refractivity contribution in [2.45, 2.75) is 89.5 Å². The predicted molar refractivity (Wildman–Crippen MR) is 147 cm³/mol. The predicted octanol–water partition coefficient (Wildman–Crippen LogP) is 9.27. The van der Waals surface area contributed by atoms with E-state index in [1.807, 2.05) is 0 Å². The molecule has 0 nitrogen and oxygen atoms in total. The van der Waals surface area contributed by atoms with Crippen LogP contribution in [0, 0.1) is 83.1 Å². The highest BCUT2D eigenvalue weighted by molar-refractivity contribution is 6.18. The average molecular weight is 435 g/mol. The van der Waals surface area contributed by atoms with Gasteiger partial charge in [0.05, 0.1) is 0 Å². The quantitative estimate of drug-likeness (QED) is 0.213. The van der Waals surface area contributed by atoms with Crippen LogP contribution < -0.4 is 0 Å². The summed E-state index contributed by atoms with van der Waals surface area (Å²) in [4.78, 5) is 0. The zero-order chi connectivity index (χ0) is 24.3. The minimum absolute atomic E-state index is 1.07. The molecule has 170 valence electrons. The third kappa shape index (κ3) is 2.53. The Kier molecular flexibility index (Phi) is 4.68. The molecule has 0 atom stereocenters. The summed E-state index contributed by atoms with van der Waals surface area (Å²) in [7, 11) is 0. The van der Waals surface area contributed by atoms with Crippen LogP contribution in [-0.4, -0.2) is 0 Å². The van der Waals surface area contributed by atoms with E-state index in [2.05, 4.69) is 83.1 Å². The van der Waals surface area contributed by atoms with Gasteiger partial charge in [-0.2, -0.15) is 0 Å². The van der Waals surface area contributed by atoms with E-state index in [0.717, 1.165) is 6.42 Å². The van der Waals surface area contributed by atoms with Gasteiger partial charge in [-0.15, -0.1) is 0 Å². The lowest BCUT2D eigenvalue weighted by atomic mass is 9.79. The van der Waals surface area contributed by atoms with Crippen LogP contribution in [0.3, 0.4) is 0 Å². The lowest BCUT2D eigenvalue weighted by Crippen LogP contribution is -2.03. The second-order valence-corrected chi connectivity index (χ2v) is 10.9. The molecule has 0 radical (unpaired) electrons. The average Bonchev–Trinajstić information content (AvgIpc) is 3.20. The molecule has 4 aromatic carbocycles. The monoisotopic (exact) mass is 434 g/mol. The number of hydrogen-bond donors (Lipinski definition) is 0. The highest BCUT2D eigenvalue weighted by atomic mass is 14.3. The smallest absolute Gasteiger partial charge is 0.000766 e. The van der Waals surface area contributed by atoms with Gasteiger partial charge in [-0.25, -0.2) is 0 Å². The molecule has 0 amide bonds. The summed E-state index contributed by atoms with van der Waals surface area (Å²) in [5, 5.41) is 5.97. The maximum atomic E-state index is 2.40. The fourth-order valence-electron chi connectivity index (χ4n) is 7.00. The van der Waals surface area contributed by atoms with Gasteiger partial charge in [-0.3, -0.25) is 0 Å². The van der Waals surface area contributed by atoms with Crippen molar-refractivity contribution in [1.82, 2.24) is 0 Å². The molecule has 33 heavy (non-hydrogen) atoms. The van der Waals surface area contributed by atoms with E-state index in [4.69, 9.17) is 0 Å². The molecule has 5 rings (SSSR count). The van der Waals surface area contributed by atoms with Crippen LogP contribution in [0.4, 0.5) is 0 Å². The first kappa shape index (κ1) is 22.2. The van der Waals surface area contributed by atoms with Gasteiger partial charge in [0.25, 0.3) is 0 Å². The van der Waals surface area contributed by atoms with Crippen molar-refractivity contribution in [1.29, 1.82) is 0 Å². The number of aryl methyl sites for hydroxylation is 6. The van der Waals surface area contributed by atoms with E-state index >= 15 is 0 Å². The van der Waals surface area contributed by atoms with Crippen molar-refractivity contribution in [3.8, 4) is 11.1 Å². The Labute approximate surface area is 200 Å². The summed E-state index contributed by atoms with van der Waals surface area (Å²) >= 11 is 0. The lowest BCUT2D eigenvalue weighted by Gasteiger charge is -2.24. The first-order valence-corrected chi connectivity index (χ1v) is 12.5. The van der Waals surface area contributed by atoms with Crippen LogP contribution >= 0.6 is 0 Å². The number of benzene rings is 4. The third-order valence-corrected chi connectivity index (χ3v) is 9.80. The molecule has 0 unspecified atom stereocenters. The van der Waals surface area contributed by atoms with Crippen molar-refractivity contribution < 1.29 is 0 Å². The van der Waals surface area contributed by atoms with E-state index in [-0.39, 0.29) is 0 Å². The molecule has 0 bridgehead atoms. The molecule has 0 saturated heterocycles. The minimum atomic E-state index is 1.07. The Bertz CT molecular complexity index is 1570. The van der Waals surface area contributed by atoms with E-state index in [1.165, 1.54) is 99.4 Å². The zero-order valence-corrected chi connectivity index (χ0v) is 22.7. The van der Waals surface area contributed by atoms with Crippen molar-refractivity contribution in [2.75, 3.05) is 0 Å². The molecule has 0 aliphatic heterocycles. The molecule has 0 saturated carbocycles. The van der Waals surface area contributed by atoms with Crippen LogP contribution in [0.5, 0.6) is 0 Å². The summed E-state index contributed by atoms with van der Waals surface area (Å²) < 4.78 is 0. The summed E-state index contributed by atoms with van der Waals surface area (Å²) in [6, 6.07) is 0. The summed E-state index contributed by atoms with van der Waals surface area (Å²) in [5.74, 6) is 0. The molecule has 1 aliphatic carbocycles. The van der Waals surface area contributed by atoms with Gasteiger partial charge in [-0.05, 0) is 200 Å². The second kappa shape index (κ2) is 6.95. The van der Waals surface area contributed by atoms with E-state index in [9.17, 15) is 0 Å². The van der Waals surface area contributed by atoms with Crippen LogP contribution in [0.15, 0.2) is 0 Å². The number of rotatable bonds is 0. The van der Waals surface area contributed by atoms with Gasteiger partial charge >= 0.3 is 0 Å². The molecule has 0 heteroatoms. The Hall–Kier alpha value is -2.60. The Morgan fingerprint density at radius 1 is 0.273 bits per heavy atom. The number of hydrogen-bond acceptors (Lipinski definition) is 0. The van der Waals surface area contributed by atoms with Gasteiger partial charge in [-0.1, -0.05) is 0 Å². The molecule has 0 aromatic heterocycles. The van der Waals surface area contributed by atoms with Crippen molar-refractivity contribution >= 4 is 21.5 Å². The molecular formula is C33H38. The Morgan fingerprint density at radius 2 is 0.606 bits per heavy atom. The van der Waals surface area contributed by atoms with E-state index in [0.29, 0.717) is 0 Å². The van der Waals surface area contributed by atoms with Gasteiger partial charge in [0, 0.05) is 0 Å². The van der Waals surface area contributed by atoms with Crippen molar-refractivity contribution in [2.24, 2.45) is 0 Å². The van der Waals surface area contributed by atoms with Crippen LogP contribution in [0.2, 0.25) is 0 Å². The molecular weight excluding hydrogens is 396 g/mol. The summed E-state index contributed by atoms with van der Waals surface area (Å²) in [6.45, 7) is 28.0. The second-order valence-electron chi connectivity index (χ2n) is 10.9. The van der Waals surface area contributed by atoms with Gasteiger partial charge < -0.3 is 0 Å². The van der Waals surface area contributed by atoms with Crippen LogP contribution in [0.25, 0.3) is 32.7 Å². The fraction of sp³-hybridized carbons (Fsp3) is 0.394. The van der Waals surface area contributed by atoms with Crippen LogP contribution in [-0.2, 0) is 6.42 Å². The molecule has 0 heterocycles. The van der Waals surface area contributed by atoms with Crippen LogP contribution in [0.1, 0.15) is 77.9 Å². The zero-order valence-electron chi connectivity index (χ0n) is 22.7. The molecule has 0 fully saturated rings. The Morgan fingerprint density at radius 3 is 1.18 bits per heavy atom. The van der Waals surface area contributed by atoms with Crippen molar-refractivity contribution in [3.63, 3.8) is 0 Å². The normalized spacial score (nSPS) is 12.7. The number of fused-ring (bicyclic) bond motifs is 6. The fourth-order valence-corrected chi connectivity index (χ4v) is 7.00. The lowest BCUT2D eigenvalue weighted by molar-refractivity contribution is 1.14. The molecule has 0 spiro atoms. The van der Waals surface area contributed by atoms with Gasteiger partial charge in [0.15, 0.2) is 0 Å².